The molecule has 190 valence electrons. The quantitative estimate of drug-likeness (QED) is 0.615. The van der Waals surface area contributed by atoms with E-state index < -0.39 is 11.4 Å². The first-order valence-electron chi connectivity index (χ1n) is 12.5. The number of anilines is 1. The molecule has 9 heteroatoms. The summed E-state index contributed by atoms with van der Waals surface area (Å²) in [6.45, 7) is 4.29. The van der Waals surface area contributed by atoms with Crippen molar-refractivity contribution in [3.63, 3.8) is 0 Å². The van der Waals surface area contributed by atoms with Crippen LogP contribution in [0.4, 0.5) is 10.1 Å². The number of hydrogen-bond donors (Lipinski definition) is 2. The number of halogens is 1. The number of fused-ring (bicyclic) bond motifs is 3. The number of rotatable bonds is 6. The van der Waals surface area contributed by atoms with E-state index in [4.69, 9.17) is 0 Å². The smallest absolute Gasteiger partial charge is 0.273 e. The lowest BCUT2D eigenvalue weighted by Gasteiger charge is -2.45. The minimum atomic E-state index is -1.14. The van der Waals surface area contributed by atoms with Crippen LogP contribution in [0.3, 0.4) is 0 Å². The van der Waals surface area contributed by atoms with Crippen LogP contribution in [0, 0.1) is 5.82 Å². The highest BCUT2D eigenvalue weighted by Crippen LogP contribution is 2.39. The summed E-state index contributed by atoms with van der Waals surface area (Å²) in [5.74, 6) is -1.33. The van der Waals surface area contributed by atoms with Gasteiger partial charge in [-0.1, -0.05) is 25.7 Å². The van der Waals surface area contributed by atoms with Crippen LogP contribution in [0.5, 0.6) is 0 Å². The number of nitrogens with zero attached hydrogens (tertiary/aromatic N) is 3. The molecule has 0 saturated heterocycles. The zero-order chi connectivity index (χ0) is 25.3. The zero-order valence-corrected chi connectivity index (χ0v) is 21.1. The summed E-state index contributed by atoms with van der Waals surface area (Å²) in [5.41, 5.74) is 0.0388. The summed E-state index contributed by atoms with van der Waals surface area (Å²) in [4.78, 5) is 43.4. The first kappa shape index (κ1) is 25.2. The fraction of sp³-hybridized carbons (Fsp3) is 0.577. The van der Waals surface area contributed by atoms with Crippen molar-refractivity contribution in [2.75, 3.05) is 32.5 Å². The molecule has 8 nitrogen and oxygen atoms in total. The number of nitrogens with one attached hydrogen (secondary N) is 2. The van der Waals surface area contributed by atoms with Crippen molar-refractivity contribution in [2.45, 2.75) is 70.5 Å². The first-order chi connectivity index (χ1) is 16.6. The molecule has 1 aliphatic heterocycles. The minimum Gasteiger partial charge on any atom is -0.351 e. The largest absolute Gasteiger partial charge is 0.351 e. The van der Waals surface area contributed by atoms with E-state index in [1.807, 2.05) is 25.9 Å². The summed E-state index contributed by atoms with van der Waals surface area (Å²) < 4.78 is 16.0. The Bertz CT molecular complexity index is 1140. The van der Waals surface area contributed by atoms with Crippen LogP contribution in [-0.2, 0) is 16.1 Å². The Hall–Kier alpha value is -2.94. The van der Waals surface area contributed by atoms with Crippen molar-refractivity contribution in [3.05, 3.63) is 29.7 Å². The molecule has 2 heterocycles. The highest BCUT2D eigenvalue weighted by atomic mass is 19.1. The first-order valence-corrected chi connectivity index (χ1v) is 12.5. The third-order valence-corrected chi connectivity index (χ3v) is 7.29. The monoisotopic (exact) mass is 485 g/mol. The van der Waals surface area contributed by atoms with E-state index >= 15 is 0 Å². The molecule has 1 aliphatic carbocycles. The molecule has 4 rings (SSSR count). The van der Waals surface area contributed by atoms with Crippen LogP contribution in [0.15, 0.2) is 18.2 Å². The minimum absolute atomic E-state index is 0.0967. The van der Waals surface area contributed by atoms with Gasteiger partial charge in [0.15, 0.2) is 0 Å². The molecule has 2 aromatic rings. The molecule has 0 spiro atoms. The van der Waals surface area contributed by atoms with Gasteiger partial charge in [-0.05, 0) is 52.1 Å². The average molecular weight is 486 g/mol. The van der Waals surface area contributed by atoms with Gasteiger partial charge in [0, 0.05) is 31.4 Å². The van der Waals surface area contributed by atoms with Crippen LogP contribution in [-0.4, -0.2) is 70.9 Å². The molecule has 0 radical (unpaired) electrons. The second-order valence-electron chi connectivity index (χ2n) is 10.3. The van der Waals surface area contributed by atoms with Crippen LogP contribution in [0.2, 0.25) is 0 Å². The average Bonchev–Trinajstić information content (AvgIpc) is 2.92. The molecule has 35 heavy (non-hydrogen) atoms. The van der Waals surface area contributed by atoms with Gasteiger partial charge < -0.3 is 25.0 Å². The van der Waals surface area contributed by atoms with Gasteiger partial charge >= 0.3 is 0 Å². The van der Waals surface area contributed by atoms with Crippen LogP contribution in [0.1, 0.15) is 62.9 Å². The molecule has 1 saturated carbocycles. The van der Waals surface area contributed by atoms with Crippen LogP contribution in [0.25, 0.3) is 10.9 Å². The van der Waals surface area contributed by atoms with Gasteiger partial charge in [-0.3, -0.25) is 14.4 Å². The van der Waals surface area contributed by atoms with E-state index in [-0.39, 0.29) is 41.7 Å². The van der Waals surface area contributed by atoms with Gasteiger partial charge in [0.05, 0.1) is 17.7 Å². The fourth-order valence-electron chi connectivity index (χ4n) is 5.37. The predicted molar refractivity (Wildman–Crippen MR) is 134 cm³/mol. The number of carbonyl (C=O) groups excluding carboxylic acids is 3. The summed E-state index contributed by atoms with van der Waals surface area (Å²) >= 11 is 0. The highest BCUT2D eigenvalue weighted by molar-refractivity contribution is 6.14. The zero-order valence-electron chi connectivity index (χ0n) is 21.1. The Morgan fingerprint density at radius 2 is 1.86 bits per heavy atom. The lowest BCUT2D eigenvalue weighted by molar-refractivity contribution is -0.133. The van der Waals surface area contributed by atoms with E-state index in [1.54, 1.807) is 15.5 Å². The van der Waals surface area contributed by atoms with Crippen molar-refractivity contribution >= 4 is 34.3 Å². The standard InChI is InChI=1S/C26H36FN5O3/c1-17(33)28-22-20-15-18(27)11-12-21(20)31-16-26(2,25(35)29-19-9-7-5-6-8-10-19)32(14-13-30(3)4)24(34)23(22)31/h11-12,15,19H,5-10,13-14,16H2,1-4H3,(H,28,33)(H,29,35)/t26-/m0/s1. The van der Waals surface area contributed by atoms with E-state index in [0.717, 1.165) is 25.7 Å². The maximum Gasteiger partial charge on any atom is 0.273 e. The second-order valence-corrected chi connectivity index (χ2v) is 10.3. The number of carbonyl (C=O) groups is 3. The predicted octanol–water partition coefficient (Wildman–Crippen LogP) is 3.35. The number of aromatic nitrogens is 1. The Kier molecular flexibility index (Phi) is 7.17. The molecule has 2 aliphatic rings. The van der Waals surface area contributed by atoms with Gasteiger partial charge in [-0.25, -0.2) is 4.39 Å². The molecule has 2 N–H and O–H groups in total. The van der Waals surface area contributed by atoms with Crippen LogP contribution >= 0.6 is 0 Å². The molecule has 1 aromatic carbocycles. The van der Waals surface area contributed by atoms with Crippen LogP contribution < -0.4 is 10.6 Å². The lowest BCUT2D eigenvalue weighted by atomic mass is 9.93. The Morgan fingerprint density at radius 3 is 2.49 bits per heavy atom. The Balaban J connectivity index is 1.80. The lowest BCUT2D eigenvalue weighted by Crippen LogP contribution is -2.65. The maximum absolute atomic E-state index is 14.2. The van der Waals surface area contributed by atoms with E-state index in [1.165, 1.54) is 31.9 Å². The van der Waals surface area contributed by atoms with Crippen molar-refractivity contribution < 1.29 is 18.8 Å². The summed E-state index contributed by atoms with van der Waals surface area (Å²) in [7, 11) is 3.83. The molecule has 1 aromatic heterocycles. The second kappa shape index (κ2) is 9.97. The van der Waals surface area contributed by atoms with Crippen molar-refractivity contribution in [1.29, 1.82) is 0 Å². The van der Waals surface area contributed by atoms with E-state index in [9.17, 15) is 18.8 Å². The van der Waals surface area contributed by atoms with Gasteiger partial charge in [0.1, 0.15) is 17.1 Å². The fourth-order valence-corrected chi connectivity index (χ4v) is 5.37. The van der Waals surface area contributed by atoms with Crippen molar-refractivity contribution in [2.24, 2.45) is 0 Å². The van der Waals surface area contributed by atoms with Gasteiger partial charge in [-0.2, -0.15) is 0 Å². The molecular weight excluding hydrogens is 449 g/mol. The van der Waals surface area contributed by atoms with Crippen molar-refractivity contribution in [3.8, 4) is 0 Å². The SMILES string of the molecule is CC(=O)Nc1c2n(c3ccc(F)cc13)C[C@@](C)(C(=O)NC1CCCCCC1)N(CCN(C)C)C2=O. The third kappa shape index (κ3) is 4.91. The molecule has 0 unspecified atom stereocenters. The summed E-state index contributed by atoms with van der Waals surface area (Å²) in [6, 6.07) is 4.36. The summed E-state index contributed by atoms with van der Waals surface area (Å²) in [6.07, 6.45) is 6.41. The molecule has 1 atom stereocenters. The number of hydrogen-bond acceptors (Lipinski definition) is 4. The highest BCUT2D eigenvalue weighted by Gasteiger charge is 2.49. The molecule has 3 amide bonds. The molecular formula is C26H36FN5O3. The van der Waals surface area contributed by atoms with Gasteiger partial charge in [-0.15, -0.1) is 0 Å². The maximum atomic E-state index is 14.2. The van der Waals surface area contributed by atoms with Gasteiger partial charge in [0.2, 0.25) is 11.8 Å². The third-order valence-electron chi connectivity index (χ3n) is 7.29. The van der Waals surface area contributed by atoms with E-state index in [2.05, 4.69) is 10.6 Å². The van der Waals surface area contributed by atoms with E-state index in [0.29, 0.717) is 24.0 Å². The normalized spacial score (nSPS) is 21.2. The topological polar surface area (TPSA) is 86.7 Å². The Morgan fingerprint density at radius 1 is 1.17 bits per heavy atom. The van der Waals surface area contributed by atoms with Gasteiger partial charge in [0.25, 0.3) is 5.91 Å². The summed E-state index contributed by atoms with van der Waals surface area (Å²) in [5, 5.41) is 6.44. The molecule has 1 fully saturated rings. The number of amides is 3. The molecule has 0 bridgehead atoms. The Labute approximate surface area is 205 Å². The van der Waals surface area contributed by atoms with Crippen molar-refractivity contribution in [1.82, 2.24) is 19.7 Å². The number of benzene rings is 1. The number of likely N-dealkylation sites (N-methyl/N-ethyl adjacent to an activating group) is 1.